The molecule has 0 spiro atoms. The van der Waals surface area contributed by atoms with Crippen molar-refractivity contribution in [2.24, 2.45) is 0 Å². The maximum atomic E-state index is 13.7. The van der Waals surface area contributed by atoms with Gasteiger partial charge in [0.15, 0.2) is 0 Å². The van der Waals surface area contributed by atoms with Crippen molar-refractivity contribution in [3.63, 3.8) is 0 Å². The molecule has 0 saturated heterocycles. The molecule has 0 unspecified atom stereocenters. The number of aromatic nitrogens is 6. The second-order valence-electron chi connectivity index (χ2n) is 17.4. The molecule has 10 aromatic rings. The normalized spacial score (nSPS) is 11.0. The highest BCUT2D eigenvalue weighted by Gasteiger charge is 2.22. The van der Waals surface area contributed by atoms with Gasteiger partial charge in [0.1, 0.15) is 11.6 Å². The van der Waals surface area contributed by atoms with Crippen LogP contribution in [-0.2, 0) is 23.1 Å². The lowest BCUT2D eigenvalue weighted by molar-refractivity contribution is 0.426. The first-order valence-corrected chi connectivity index (χ1v) is 27.3. The zero-order valence-corrected chi connectivity index (χ0v) is 48.8. The maximum absolute atomic E-state index is 13.7. The molecule has 10 N–H and O–H groups in total. The number of halogens is 3. The van der Waals surface area contributed by atoms with E-state index in [1.807, 2.05) is 149 Å². The molecular weight excluding hydrogens is 1190 g/mol. The van der Waals surface area contributed by atoms with Crippen molar-refractivity contribution in [3.05, 3.63) is 217 Å². The van der Waals surface area contributed by atoms with E-state index in [4.69, 9.17) is 61.6 Å². The van der Waals surface area contributed by atoms with Crippen LogP contribution in [0.4, 0.5) is 34.9 Å². The van der Waals surface area contributed by atoms with Crippen molar-refractivity contribution in [2.75, 3.05) is 46.8 Å². The van der Waals surface area contributed by atoms with Gasteiger partial charge in [-0.05, 0) is 124 Å². The monoisotopic (exact) mass is 1240 g/mol. The second-order valence-corrected chi connectivity index (χ2v) is 19.3. The molecule has 0 fully saturated rings. The molecule has 0 aliphatic heterocycles. The number of pyridine rings is 2. The van der Waals surface area contributed by atoms with Crippen LogP contribution >= 0.6 is 39.1 Å². The van der Waals surface area contributed by atoms with Crippen molar-refractivity contribution < 1.29 is 26.9 Å². The van der Waals surface area contributed by atoms with Gasteiger partial charge in [-0.2, -0.15) is 26.8 Å². The number of nitrogen functional groups attached to an aromatic ring is 2. The molecule has 26 heteroatoms. The Bertz CT molecular complexity index is 3990. The fourth-order valence-corrected chi connectivity index (χ4v) is 9.23. The Balaban J connectivity index is 0.000000209. The van der Waals surface area contributed by atoms with Gasteiger partial charge in [-0.1, -0.05) is 108 Å². The van der Waals surface area contributed by atoms with Gasteiger partial charge in [-0.25, -0.2) is 9.97 Å². The number of benzene rings is 6. The van der Waals surface area contributed by atoms with Crippen molar-refractivity contribution in [2.45, 2.75) is 25.9 Å². The first-order valence-electron chi connectivity index (χ1n) is 24.5. The van der Waals surface area contributed by atoms with E-state index in [9.17, 15) is 9.59 Å². The van der Waals surface area contributed by atoms with Gasteiger partial charge >= 0.3 is 30.3 Å². The average molecular weight is 1250 g/mol. The van der Waals surface area contributed by atoms with E-state index in [0.717, 1.165) is 56.0 Å². The Hall–Kier alpha value is -8.62. The molecule has 10 rings (SSSR count). The van der Waals surface area contributed by atoms with Gasteiger partial charge in [-0.3, -0.25) is 18.7 Å². The third kappa shape index (κ3) is 15.8. The third-order valence-corrected chi connectivity index (χ3v) is 13.4. The fourth-order valence-electron chi connectivity index (χ4n) is 8.40. The van der Waals surface area contributed by atoms with Crippen LogP contribution in [0.5, 0.6) is 0 Å². The minimum atomic E-state index is -1.37. The number of nitrogens with zero attached hydrogens (tertiary/aromatic N) is 6. The molecule has 4 aromatic heterocycles. The SMILES string of the molecule is CNc1ccc(-c2cnc(N)nc2N[C@@H](C)c2cc3cccc(Cl)c3c(=O)n2-c2ccccc2)cc1.CNc1ccc(B(O)O)cc1.C[C@H](Nc1nc(N)ncc1Br)c1cc2cccc(Cl)c2c(=O)n1-c1ccccc1.O=S=O.O=S=O. The maximum Gasteiger partial charge on any atom is 0.488 e. The van der Waals surface area contributed by atoms with Crippen molar-refractivity contribution in [3.8, 4) is 22.5 Å². The van der Waals surface area contributed by atoms with E-state index in [1.54, 1.807) is 57.9 Å². The quantitative estimate of drug-likeness (QED) is 0.0529. The number of para-hydroxylation sites is 2. The zero-order valence-electron chi connectivity index (χ0n) is 44.0. The highest BCUT2D eigenvalue weighted by atomic mass is 79.9. The minimum absolute atomic E-state index is 0.158. The molecule has 82 heavy (non-hydrogen) atoms. The number of nitrogens with one attached hydrogen (secondary N) is 4. The molecule has 0 bridgehead atoms. The minimum Gasteiger partial charge on any atom is -0.423 e. The molecule has 0 saturated carbocycles. The Morgan fingerprint density at radius 2 is 0.976 bits per heavy atom. The molecule has 6 aromatic carbocycles. The topological polar surface area (TPSA) is 304 Å². The van der Waals surface area contributed by atoms with Crippen LogP contribution in [0.3, 0.4) is 0 Å². The Labute approximate surface area is 496 Å². The summed E-state index contributed by atoms with van der Waals surface area (Å²) in [6, 6.07) is 48.1. The lowest BCUT2D eigenvalue weighted by atomic mass is 9.80. The highest BCUT2D eigenvalue weighted by molar-refractivity contribution is 9.10. The standard InChI is InChI=1S/C28H25ClN6O.C21H17BrClN5O.C7H10BNO2.2O2S/c1-17(33-26-22(16-32-28(30)34-26)18-11-13-20(31-2)14-12-18)24-15-19-7-6-10-23(29)25(19)27(36)35(24)21-8-4-3-5-9-21;1-12(26-19-15(22)11-25-21(24)27-19)17-10-13-6-5-9-16(23)18(13)20(29)28(17)14-7-3-2-4-8-14;1-9-7-4-2-6(3-5-7)8(10)11;2*1-3-2/h3-17,31H,1-2H3,(H3,30,32,33,34);2-12H,1H3,(H3,24,25,26,27);2-5,9-11H,1H3;;/t17-;12-;;;/m00.../s1. The van der Waals surface area contributed by atoms with Gasteiger partial charge in [0.05, 0.1) is 37.4 Å². The van der Waals surface area contributed by atoms with E-state index in [0.29, 0.717) is 42.4 Å². The predicted octanol–water partition coefficient (Wildman–Crippen LogP) is 8.92. The van der Waals surface area contributed by atoms with Gasteiger partial charge < -0.3 is 42.8 Å². The van der Waals surface area contributed by atoms with Crippen LogP contribution in [0, 0.1) is 0 Å². The summed E-state index contributed by atoms with van der Waals surface area (Å²) >= 11 is 14.7. The summed E-state index contributed by atoms with van der Waals surface area (Å²) in [6.07, 6.45) is 3.29. The van der Waals surface area contributed by atoms with Crippen LogP contribution in [0.1, 0.15) is 37.3 Å². The predicted molar refractivity (Wildman–Crippen MR) is 332 cm³/mol. The number of nitrogens with two attached hydrogens (primary N) is 2. The molecule has 2 atom stereocenters. The van der Waals surface area contributed by atoms with E-state index >= 15 is 0 Å². The molecule has 0 aliphatic rings. The molecule has 0 aliphatic carbocycles. The van der Waals surface area contributed by atoms with Crippen LogP contribution in [-0.4, -0.2) is 77.2 Å². The molecular formula is C56H52BBrCl2N12O8S2. The van der Waals surface area contributed by atoms with Crippen LogP contribution in [0.15, 0.2) is 184 Å². The summed E-state index contributed by atoms with van der Waals surface area (Å²) < 4.78 is 37.2. The van der Waals surface area contributed by atoms with E-state index < -0.39 is 30.3 Å². The molecule has 4 heterocycles. The summed E-state index contributed by atoms with van der Waals surface area (Å²) in [5.74, 6) is 1.44. The van der Waals surface area contributed by atoms with Crippen molar-refractivity contribution >= 4 is 131 Å². The first kappa shape index (κ1) is 62.6. The Morgan fingerprint density at radius 3 is 1.40 bits per heavy atom. The summed E-state index contributed by atoms with van der Waals surface area (Å²) in [5, 5.41) is 33.6. The molecule has 420 valence electrons. The number of anilines is 6. The summed E-state index contributed by atoms with van der Waals surface area (Å²) in [5.41, 5.74) is 18.5. The third-order valence-electron chi connectivity index (χ3n) is 12.2. The Kier molecular flexibility index (Phi) is 23.1. The fraction of sp³-hybridized carbons (Fsp3) is 0.107. The van der Waals surface area contributed by atoms with E-state index in [2.05, 4.69) is 57.1 Å². The van der Waals surface area contributed by atoms with Gasteiger partial charge in [0.2, 0.25) is 11.9 Å². The Morgan fingerprint density at radius 1 is 0.573 bits per heavy atom. The lowest BCUT2D eigenvalue weighted by Crippen LogP contribution is -2.29. The number of fused-ring (bicyclic) bond motifs is 2. The first-order chi connectivity index (χ1) is 39.5. The van der Waals surface area contributed by atoms with E-state index in [1.165, 1.54) is 0 Å². The van der Waals surface area contributed by atoms with Gasteiger partial charge in [-0.15, -0.1) is 0 Å². The van der Waals surface area contributed by atoms with Gasteiger partial charge in [0.25, 0.3) is 11.1 Å². The highest BCUT2D eigenvalue weighted by Crippen LogP contribution is 2.33. The zero-order chi connectivity index (χ0) is 59.5. The summed E-state index contributed by atoms with van der Waals surface area (Å²) in [7, 11) is 2.31. The van der Waals surface area contributed by atoms with Crippen molar-refractivity contribution in [1.29, 1.82) is 0 Å². The van der Waals surface area contributed by atoms with E-state index in [-0.39, 0.29) is 35.1 Å². The molecule has 20 nitrogen and oxygen atoms in total. The van der Waals surface area contributed by atoms with Crippen LogP contribution < -0.4 is 49.3 Å². The van der Waals surface area contributed by atoms with Gasteiger partial charge in [0, 0.05) is 66.2 Å². The van der Waals surface area contributed by atoms with Crippen LogP contribution in [0.25, 0.3) is 44.0 Å². The number of rotatable bonds is 12. The number of hydrogen-bond acceptors (Lipinski definition) is 18. The smallest absolute Gasteiger partial charge is 0.423 e. The van der Waals surface area contributed by atoms with Crippen molar-refractivity contribution in [1.82, 2.24) is 29.1 Å². The summed E-state index contributed by atoms with van der Waals surface area (Å²) in [4.78, 5) is 44.1. The largest absolute Gasteiger partial charge is 0.488 e. The molecule has 0 amide bonds. The van der Waals surface area contributed by atoms with Crippen LogP contribution in [0.2, 0.25) is 10.0 Å². The second kappa shape index (κ2) is 30.3. The molecule has 0 radical (unpaired) electrons. The average Bonchev–Trinajstić information content (AvgIpc) is 3.20. The summed E-state index contributed by atoms with van der Waals surface area (Å²) in [6.45, 7) is 3.94. The number of hydrogen-bond donors (Lipinski definition) is 8. The lowest BCUT2D eigenvalue weighted by Gasteiger charge is -2.22.